The Balaban J connectivity index is 2.65. The number of ether oxygens (including phenoxy) is 2. The van der Waals surface area contributed by atoms with Gasteiger partial charge in [0.2, 0.25) is 11.8 Å². The van der Waals surface area contributed by atoms with E-state index in [1.54, 1.807) is 54.5 Å². The molecular formula is C36H50N4O6. The Hall–Kier alpha value is -4.39. The summed E-state index contributed by atoms with van der Waals surface area (Å²) < 4.78 is 11.1. The van der Waals surface area contributed by atoms with Gasteiger partial charge < -0.3 is 25.0 Å². The topological polar surface area (TPSA) is 138 Å². The predicted molar refractivity (Wildman–Crippen MR) is 177 cm³/mol. The zero-order chi connectivity index (χ0) is 34.8. The number of esters is 1. The predicted octanol–water partition coefficient (Wildman–Crippen LogP) is 5.71. The van der Waals surface area contributed by atoms with E-state index in [1.807, 2.05) is 69.3 Å². The first kappa shape index (κ1) is 37.8. The van der Waals surface area contributed by atoms with Gasteiger partial charge >= 0.3 is 12.1 Å². The minimum Gasteiger partial charge on any atom is -0.458 e. The first-order valence-electron chi connectivity index (χ1n) is 15.7. The molecule has 0 saturated heterocycles. The number of rotatable bonds is 12. The average Bonchev–Trinajstić information content (AvgIpc) is 2.94. The highest BCUT2D eigenvalue weighted by molar-refractivity contribution is 5.94. The quantitative estimate of drug-likeness (QED) is 0.226. The van der Waals surface area contributed by atoms with Crippen LogP contribution in [0.5, 0.6) is 0 Å². The Morgan fingerprint density at radius 1 is 0.913 bits per heavy atom. The zero-order valence-electron chi connectivity index (χ0n) is 28.9. The molecule has 2 aromatic carbocycles. The number of hydrogen-bond acceptors (Lipinski definition) is 7. The van der Waals surface area contributed by atoms with Crippen LogP contribution in [0.25, 0.3) is 0 Å². The Kier molecular flexibility index (Phi) is 13.4. The van der Waals surface area contributed by atoms with Gasteiger partial charge in [-0.3, -0.25) is 9.59 Å². The lowest BCUT2D eigenvalue weighted by Gasteiger charge is -2.36. The SMILES string of the molecule is CCC(C)C(NC(=O)OC(C)(C)C)C(=O)N(CC#N)C(C(=O)NC(Cc1ccccc1)C(=O)OC(C)(C)C)c1ccc(C)cc1C. The van der Waals surface area contributed by atoms with Crippen LogP contribution in [-0.2, 0) is 30.3 Å². The highest BCUT2D eigenvalue weighted by Crippen LogP contribution is 2.28. The summed E-state index contributed by atoms with van der Waals surface area (Å²) in [7, 11) is 0. The van der Waals surface area contributed by atoms with Crippen molar-refractivity contribution in [2.75, 3.05) is 6.54 Å². The van der Waals surface area contributed by atoms with Gasteiger partial charge in [-0.1, -0.05) is 74.4 Å². The largest absolute Gasteiger partial charge is 0.458 e. The van der Waals surface area contributed by atoms with Gasteiger partial charge in [-0.15, -0.1) is 0 Å². The number of aryl methyl sites for hydroxylation is 2. The maximum Gasteiger partial charge on any atom is 0.408 e. The minimum atomic E-state index is -1.31. The van der Waals surface area contributed by atoms with E-state index in [1.165, 1.54) is 0 Å². The van der Waals surface area contributed by atoms with Crippen molar-refractivity contribution in [2.45, 2.75) is 111 Å². The molecule has 0 spiro atoms. The van der Waals surface area contributed by atoms with Crippen molar-refractivity contribution in [3.63, 3.8) is 0 Å². The van der Waals surface area contributed by atoms with Crippen molar-refractivity contribution >= 4 is 23.9 Å². The van der Waals surface area contributed by atoms with Gasteiger partial charge in [-0.05, 0) is 78.0 Å². The molecule has 3 amide bonds. The van der Waals surface area contributed by atoms with Crippen LogP contribution in [0.15, 0.2) is 48.5 Å². The number of nitrogens with zero attached hydrogens (tertiary/aromatic N) is 2. The first-order valence-corrected chi connectivity index (χ1v) is 15.7. The lowest BCUT2D eigenvalue weighted by Crippen LogP contribution is -2.56. The summed E-state index contributed by atoms with van der Waals surface area (Å²) in [5.41, 5.74) is 1.31. The fraction of sp³-hybridized carbons (Fsp3) is 0.528. The summed E-state index contributed by atoms with van der Waals surface area (Å²) in [6.45, 7) is 17.3. The molecule has 0 bridgehead atoms. The third kappa shape index (κ3) is 11.5. The van der Waals surface area contributed by atoms with E-state index in [-0.39, 0.29) is 12.3 Å². The van der Waals surface area contributed by atoms with Crippen molar-refractivity contribution in [3.05, 3.63) is 70.8 Å². The number of hydrogen-bond donors (Lipinski definition) is 2. The molecular weight excluding hydrogens is 584 g/mol. The van der Waals surface area contributed by atoms with Crippen LogP contribution in [0.2, 0.25) is 0 Å². The second-order valence-electron chi connectivity index (χ2n) is 13.7. The van der Waals surface area contributed by atoms with E-state index >= 15 is 0 Å². The standard InChI is InChI=1S/C36H50N4O6/c1-11-24(3)29(39-34(44)46-36(8,9)10)32(42)40(20-19-37)30(27-18-17-23(2)21-25(27)4)31(41)38-28(33(43)45-35(5,6)7)22-26-15-13-12-14-16-26/h12-18,21,24,28-30H,11,20,22H2,1-10H3,(H,38,41)(H,39,44). The monoisotopic (exact) mass is 634 g/mol. The molecule has 0 saturated carbocycles. The average molecular weight is 635 g/mol. The van der Waals surface area contributed by atoms with Crippen LogP contribution < -0.4 is 10.6 Å². The molecule has 4 atom stereocenters. The Labute approximate surface area is 273 Å². The van der Waals surface area contributed by atoms with E-state index < -0.39 is 59.7 Å². The fourth-order valence-corrected chi connectivity index (χ4v) is 4.92. The molecule has 46 heavy (non-hydrogen) atoms. The summed E-state index contributed by atoms with van der Waals surface area (Å²) in [5.74, 6) is -2.29. The van der Waals surface area contributed by atoms with Crippen molar-refractivity contribution in [1.29, 1.82) is 5.26 Å². The van der Waals surface area contributed by atoms with Crippen molar-refractivity contribution in [2.24, 2.45) is 5.92 Å². The number of carbonyl (C=O) groups excluding carboxylic acids is 4. The molecule has 0 radical (unpaired) electrons. The molecule has 0 aromatic heterocycles. The third-order valence-corrected chi connectivity index (χ3v) is 7.25. The maximum atomic E-state index is 14.4. The van der Waals surface area contributed by atoms with Gasteiger partial charge in [0.1, 0.15) is 35.9 Å². The summed E-state index contributed by atoms with van der Waals surface area (Å²) in [6, 6.07) is 13.2. The molecule has 0 aliphatic carbocycles. The fourth-order valence-electron chi connectivity index (χ4n) is 4.92. The van der Waals surface area contributed by atoms with E-state index in [4.69, 9.17) is 9.47 Å². The van der Waals surface area contributed by atoms with Gasteiger partial charge in [0.15, 0.2) is 0 Å². The highest BCUT2D eigenvalue weighted by atomic mass is 16.6. The van der Waals surface area contributed by atoms with Gasteiger partial charge in [0, 0.05) is 6.42 Å². The van der Waals surface area contributed by atoms with E-state index in [0.717, 1.165) is 16.0 Å². The molecule has 2 rings (SSSR count). The number of benzene rings is 2. The van der Waals surface area contributed by atoms with Crippen molar-refractivity contribution < 1.29 is 28.7 Å². The third-order valence-electron chi connectivity index (χ3n) is 7.25. The Morgan fingerprint density at radius 2 is 1.52 bits per heavy atom. The molecule has 2 N–H and O–H groups in total. The lowest BCUT2D eigenvalue weighted by molar-refractivity contribution is -0.159. The van der Waals surface area contributed by atoms with Crippen molar-refractivity contribution in [3.8, 4) is 6.07 Å². The Bertz CT molecular complexity index is 1400. The minimum absolute atomic E-state index is 0.142. The van der Waals surface area contributed by atoms with Crippen LogP contribution in [0.1, 0.15) is 90.1 Å². The van der Waals surface area contributed by atoms with Gasteiger partial charge in [0.05, 0.1) is 6.07 Å². The molecule has 10 nitrogen and oxygen atoms in total. The van der Waals surface area contributed by atoms with Gasteiger partial charge in [-0.2, -0.15) is 5.26 Å². The van der Waals surface area contributed by atoms with Crippen LogP contribution in [0.4, 0.5) is 4.79 Å². The van der Waals surface area contributed by atoms with Gasteiger partial charge in [0.25, 0.3) is 0 Å². The van der Waals surface area contributed by atoms with Crippen LogP contribution in [0.3, 0.4) is 0 Å². The molecule has 4 unspecified atom stereocenters. The van der Waals surface area contributed by atoms with Crippen molar-refractivity contribution in [1.82, 2.24) is 15.5 Å². The number of amides is 3. The first-order chi connectivity index (χ1) is 21.4. The summed E-state index contributed by atoms with van der Waals surface area (Å²) in [6.07, 6.45) is -0.128. The normalized spacial score (nSPS) is 14.1. The molecule has 2 aromatic rings. The smallest absolute Gasteiger partial charge is 0.408 e. The second kappa shape index (κ2) is 16.3. The lowest BCUT2D eigenvalue weighted by atomic mass is 9.93. The summed E-state index contributed by atoms with van der Waals surface area (Å²) >= 11 is 0. The molecule has 0 fully saturated rings. The number of nitrogens with one attached hydrogen (secondary N) is 2. The number of alkyl carbamates (subject to hydrolysis) is 1. The van der Waals surface area contributed by atoms with E-state index in [2.05, 4.69) is 10.6 Å². The molecule has 0 heterocycles. The van der Waals surface area contributed by atoms with E-state index in [9.17, 15) is 24.4 Å². The van der Waals surface area contributed by atoms with Crippen LogP contribution >= 0.6 is 0 Å². The zero-order valence-corrected chi connectivity index (χ0v) is 28.9. The number of carbonyl (C=O) groups is 4. The molecule has 250 valence electrons. The highest BCUT2D eigenvalue weighted by Gasteiger charge is 2.40. The van der Waals surface area contributed by atoms with Gasteiger partial charge in [-0.25, -0.2) is 9.59 Å². The van der Waals surface area contributed by atoms with Crippen LogP contribution in [-0.4, -0.2) is 58.6 Å². The molecule has 0 aliphatic rings. The summed E-state index contributed by atoms with van der Waals surface area (Å²) in [5, 5.41) is 15.4. The maximum absolute atomic E-state index is 14.4. The summed E-state index contributed by atoms with van der Waals surface area (Å²) in [4.78, 5) is 56.2. The second-order valence-corrected chi connectivity index (χ2v) is 13.7. The van der Waals surface area contributed by atoms with Crippen LogP contribution in [0, 0.1) is 31.1 Å². The Morgan fingerprint density at radius 3 is 2.04 bits per heavy atom. The molecule has 0 aliphatic heterocycles. The molecule has 10 heteroatoms. The number of nitriles is 1. The van der Waals surface area contributed by atoms with E-state index in [0.29, 0.717) is 17.5 Å².